The maximum atomic E-state index is 13.2. The van der Waals surface area contributed by atoms with Gasteiger partial charge in [-0.1, -0.05) is 30.3 Å². The summed E-state index contributed by atoms with van der Waals surface area (Å²) in [6.45, 7) is 4.25. The van der Waals surface area contributed by atoms with Crippen LogP contribution in [0.5, 0.6) is 0 Å². The van der Waals surface area contributed by atoms with Crippen LogP contribution >= 0.6 is 0 Å². The first kappa shape index (κ1) is 22.5. The van der Waals surface area contributed by atoms with Crippen molar-refractivity contribution >= 4 is 11.6 Å². The van der Waals surface area contributed by atoms with Crippen LogP contribution in [-0.2, 0) is 23.8 Å². The number of anilines is 1. The number of carbonyl (C=O) groups excluding carboxylic acids is 1. The molecular weight excluding hydrogens is 406 g/mol. The first-order valence-electron chi connectivity index (χ1n) is 9.91. The molecule has 0 heterocycles. The second-order valence-corrected chi connectivity index (χ2v) is 7.56. The summed E-state index contributed by atoms with van der Waals surface area (Å²) in [4.78, 5) is 14.7. The summed E-state index contributed by atoms with van der Waals surface area (Å²) < 4.78 is 51.5. The molecule has 3 aromatic carbocycles. The highest BCUT2D eigenvalue weighted by Gasteiger charge is 2.30. The largest absolute Gasteiger partial charge is 0.416 e. The lowest BCUT2D eigenvalue weighted by atomic mass is 10.1. The van der Waals surface area contributed by atoms with Gasteiger partial charge in [-0.25, -0.2) is 4.39 Å². The van der Waals surface area contributed by atoms with E-state index in [0.29, 0.717) is 24.1 Å². The maximum absolute atomic E-state index is 13.2. The van der Waals surface area contributed by atoms with Crippen LogP contribution < -0.4 is 4.90 Å². The van der Waals surface area contributed by atoms with E-state index in [9.17, 15) is 22.4 Å². The van der Waals surface area contributed by atoms with Gasteiger partial charge in [0.1, 0.15) is 5.82 Å². The van der Waals surface area contributed by atoms with Crippen molar-refractivity contribution in [2.75, 3.05) is 11.4 Å². The summed E-state index contributed by atoms with van der Waals surface area (Å²) in [5.41, 5.74) is 3.55. The lowest BCUT2D eigenvalue weighted by Gasteiger charge is -2.24. The van der Waals surface area contributed by atoms with Crippen LogP contribution in [0.1, 0.15) is 27.8 Å². The Labute approximate surface area is 179 Å². The highest BCUT2D eigenvalue weighted by atomic mass is 19.4. The fourth-order valence-corrected chi connectivity index (χ4v) is 3.26. The Balaban J connectivity index is 1.80. The molecule has 0 bridgehead atoms. The zero-order valence-electron chi connectivity index (χ0n) is 17.3. The normalized spacial score (nSPS) is 11.4. The number of carbonyl (C=O) groups is 1. The number of aryl methyl sites for hydroxylation is 2. The molecule has 0 aliphatic heterocycles. The summed E-state index contributed by atoms with van der Waals surface area (Å²) in [5, 5.41) is 0. The Bertz CT molecular complexity index is 1040. The molecular formula is C25H23F4NO. The molecule has 0 aliphatic carbocycles. The van der Waals surface area contributed by atoms with Crippen LogP contribution in [-0.4, -0.2) is 12.5 Å². The number of benzene rings is 3. The second kappa shape index (κ2) is 9.33. The van der Waals surface area contributed by atoms with Gasteiger partial charge in [-0.2, -0.15) is 13.2 Å². The number of nitrogens with zero attached hydrogens (tertiary/aromatic N) is 1. The van der Waals surface area contributed by atoms with Gasteiger partial charge >= 0.3 is 6.18 Å². The molecule has 0 saturated heterocycles. The number of rotatable bonds is 6. The van der Waals surface area contributed by atoms with Gasteiger partial charge in [0, 0.05) is 12.2 Å². The predicted molar refractivity (Wildman–Crippen MR) is 114 cm³/mol. The maximum Gasteiger partial charge on any atom is 0.416 e. The number of alkyl halides is 3. The molecule has 0 N–H and O–H groups in total. The summed E-state index contributed by atoms with van der Waals surface area (Å²) >= 11 is 0. The first-order valence-corrected chi connectivity index (χ1v) is 9.91. The van der Waals surface area contributed by atoms with E-state index in [1.807, 2.05) is 32.0 Å². The molecule has 6 heteroatoms. The van der Waals surface area contributed by atoms with E-state index in [4.69, 9.17) is 0 Å². The molecule has 0 aliphatic rings. The minimum Gasteiger partial charge on any atom is -0.312 e. The Hall–Kier alpha value is -3.15. The zero-order chi connectivity index (χ0) is 22.6. The van der Waals surface area contributed by atoms with E-state index in [2.05, 4.69) is 0 Å². The second-order valence-electron chi connectivity index (χ2n) is 7.56. The van der Waals surface area contributed by atoms with E-state index in [-0.39, 0.29) is 18.1 Å². The first-order chi connectivity index (χ1) is 14.6. The van der Waals surface area contributed by atoms with Crippen molar-refractivity contribution in [1.29, 1.82) is 0 Å². The molecule has 0 aromatic heterocycles. The molecule has 3 rings (SSSR count). The van der Waals surface area contributed by atoms with Crippen molar-refractivity contribution in [2.24, 2.45) is 0 Å². The van der Waals surface area contributed by atoms with Crippen molar-refractivity contribution in [1.82, 2.24) is 0 Å². The van der Waals surface area contributed by atoms with E-state index in [1.54, 1.807) is 17.0 Å². The van der Waals surface area contributed by atoms with Crippen molar-refractivity contribution in [3.8, 4) is 0 Å². The van der Waals surface area contributed by atoms with Gasteiger partial charge in [0.05, 0.1) is 12.0 Å². The SMILES string of the molecule is Cc1ccc(N(CCc2ccc(C(F)(F)F)cc2)C(=O)Cc2ccc(F)cc2)cc1C. The molecule has 0 spiro atoms. The molecule has 0 atom stereocenters. The fraction of sp³-hybridized carbons (Fsp3) is 0.240. The number of amides is 1. The topological polar surface area (TPSA) is 20.3 Å². The standard InChI is InChI=1S/C25H23F4NO/c1-17-3-12-23(15-18(17)2)30(24(31)16-20-6-10-22(26)11-7-20)14-13-19-4-8-21(9-5-19)25(27,28)29/h3-12,15H,13-14,16H2,1-2H3. The lowest BCUT2D eigenvalue weighted by Crippen LogP contribution is -2.34. The van der Waals surface area contributed by atoms with Gasteiger partial charge in [-0.15, -0.1) is 0 Å². The molecule has 0 saturated carbocycles. The molecule has 2 nitrogen and oxygen atoms in total. The predicted octanol–water partition coefficient (Wildman–Crippen LogP) is 6.28. The average molecular weight is 429 g/mol. The number of hydrogen-bond acceptors (Lipinski definition) is 1. The third-order valence-electron chi connectivity index (χ3n) is 5.28. The summed E-state index contributed by atoms with van der Waals surface area (Å²) in [6.07, 6.45) is -3.88. The number of hydrogen-bond donors (Lipinski definition) is 0. The molecule has 0 unspecified atom stereocenters. The van der Waals surface area contributed by atoms with Gasteiger partial charge in [0.15, 0.2) is 0 Å². The van der Waals surface area contributed by atoms with Crippen molar-refractivity contribution in [2.45, 2.75) is 32.9 Å². The monoisotopic (exact) mass is 429 g/mol. The Morgan fingerprint density at radius 3 is 2.03 bits per heavy atom. The lowest BCUT2D eigenvalue weighted by molar-refractivity contribution is -0.137. The summed E-state index contributed by atoms with van der Waals surface area (Å²) in [5.74, 6) is -0.536. The van der Waals surface area contributed by atoms with Crippen LogP contribution in [0, 0.1) is 19.7 Å². The Kier molecular flexibility index (Phi) is 6.78. The van der Waals surface area contributed by atoms with E-state index >= 15 is 0 Å². The summed E-state index contributed by atoms with van der Waals surface area (Å²) in [7, 11) is 0. The van der Waals surface area contributed by atoms with Gasteiger partial charge in [-0.05, 0) is 78.9 Å². The molecule has 0 radical (unpaired) electrons. The van der Waals surface area contributed by atoms with Gasteiger partial charge in [-0.3, -0.25) is 4.79 Å². The van der Waals surface area contributed by atoms with E-state index in [1.165, 1.54) is 24.3 Å². The molecule has 31 heavy (non-hydrogen) atoms. The van der Waals surface area contributed by atoms with Gasteiger partial charge in [0.2, 0.25) is 5.91 Å². The highest BCUT2D eigenvalue weighted by molar-refractivity contribution is 5.95. The fourth-order valence-electron chi connectivity index (χ4n) is 3.26. The van der Waals surface area contributed by atoms with Gasteiger partial charge < -0.3 is 4.90 Å². The van der Waals surface area contributed by atoms with Crippen LogP contribution in [0.2, 0.25) is 0 Å². The van der Waals surface area contributed by atoms with Gasteiger partial charge in [0.25, 0.3) is 0 Å². The average Bonchev–Trinajstić information content (AvgIpc) is 2.72. The van der Waals surface area contributed by atoms with Crippen molar-refractivity contribution < 1.29 is 22.4 Å². The molecule has 1 amide bonds. The highest BCUT2D eigenvalue weighted by Crippen LogP contribution is 2.29. The van der Waals surface area contributed by atoms with Crippen LogP contribution in [0.25, 0.3) is 0 Å². The molecule has 0 fully saturated rings. The zero-order valence-corrected chi connectivity index (χ0v) is 17.3. The van der Waals surface area contributed by atoms with Crippen LogP contribution in [0.15, 0.2) is 66.7 Å². The Morgan fingerprint density at radius 1 is 0.839 bits per heavy atom. The van der Waals surface area contributed by atoms with Crippen molar-refractivity contribution in [3.05, 3.63) is 100 Å². The molecule has 3 aromatic rings. The van der Waals surface area contributed by atoms with Crippen LogP contribution in [0.4, 0.5) is 23.2 Å². The van der Waals surface area contributed by atoms with Crippen LogP contribution in [0.3, 0.4) is 0 Å². The third kappa shape index (κ3) is 5.94. The minimum atomic E-state index is -4.38. The molecule has 162 valence electrons. The summed E-state index contributed by atoms with van der Waals surface area (Å²) in [6, 6.07) is 16.5. The smallest absolute Gasteiger partial charge is 0.312 e. The third-order valence-corrected chi connectivity index (χ3v) is 5.28. The minimum absolute atomic E-state index is 0.0974. The quantitative estimate of drug-likeness (QED) is 0.422. The number of halogens is 4. The Morgan fingerprint density at radius 2 is 1.45 bits per heavy atom. The van der Waals surface area contributed by atoms with E-state index < -0.39 is 11.7 Å². The van der Waals surface area contributed by atoms with E-state index in [0.717, 1.165) is 28.9 Å². The van der Waals surface area contributed by atoms with Crippen molar-refractivity contribution in [3.63, 3.8) is 0 Å².